The lowest BCUT2D eigenvalue weighted by atomic mass is 10.0. The van der Waals surface area contributed by atoms with Gasteiger partial charge < -0.3 is 15.1 Å². The van der Waals surface area contributed by atoms with Crippen LogP contribution in [-0.4, -0.2) is 53.8 Å². The van der Waals surface area contributed by atoms with Crippen LogP contribution in [0.1, 0.15) is 42.6 Å². The highest BCUT2D eigenvalue weighted by Crippen LogP contribution is 2.38. The summed E-state index contributed by atoms with van der Waals surface area (Å²) in [6, 6.07) is 0.328. The molecule has 150 valence electrons. The molecule has 1 aromatic carbocycles. The van der Waals surface area contributed by atoms with Crippen LogP contribution in [0.4, 0.5) is 14.5 Å². The zero-order chi connectivity index (χ0) is 20.2. The number of carbonyl (C=O) groups is 3. The van der Waals surface area contributed by atoms with Crippen LogP contribution >= 0.6 is 0 Å². The van der Waals surface area contributed by atoms with Crippen molar-refractivity contribution in [2.45, 2.75) is 51.4 Å². The van der Waals surface area contributed by atoms with Crippen molar-refractivity contribution in [1.82, 2.24) is 15.5 Å². The summed E-state index contributed by atoms with van der Waals surface area (Å²) in [5.74, 6) is -3.95. The van der Waals surface area contributed by atoms with Gasteiger partial charge in [0.1, 0.15) is 6.04 Å². The number of benzene rings is 1. The molecule has 0 aromatic heterocycles. The van der Waals surface area contributed by atoms with Crippen molar-refractivity contribution in [3.8, 4) is 0 Å². The first-order chi connectivity index (χ1) is 13.3. The summed E-state index contributed by atoms with van der Waals surface area (Å²) in [5, 5.41) is 5.50. The predicted molar refractivity (Wildman–Crippen MR) is 96.7 cm³/mol. The van der Waals surface area contributed by atoms with Gasteiger partial charge in [-0.2, -0.15) is 0 Å². The number of piperidine rings is 1. The van der Waals surface area contributed by atoms with E-state index >= 15 is 0 Å². The van der Waals surface area contributed by atoms with Crippen molar-refractivity contribution in [3.63, 3.8) is 0 Å². The Morgan fingerprint density at radius 2 is 1.79 bits per heavy atom. The highest BCUT2D eigenvalue weighted by atomic mass is 19.2. The number of halogens is 2. The smallest absolute Gasteiger partial charge is 0.258 e. The van der Waals surface area contributed by atoms with Gasteiger partial charge in [-0.25, -0.2) is 8.78 Å². The molecule has 3 aliphatic rings. The minimum atomic E-state index is -1.19. The van der Waals surface area contributed by atoms with E-state index in [1.54, 1.807) is 0 Å². The van der Waals surface area contributed by atoms with Crippen LogP contribution in [0.25, 0.3) is 0 Å². The third-order valence-electron chi connectivity index (χ3n) is 5.80. The topological polar surface area (TPSA) is 81.8 Å². The van der Waals surface area contributed by atoms with E-state index in [1.807, 2.05) is 18.7 Å². The largest absolute Gasteiger partial charge is 0.363 e. The molecular weight excluding hydrogens is 370 g/mol. The highest BCUT2D eigenvalue weighted by Gasteiger charge is 2.43. The van der Waals surface area contributed by atoms with Gasteiger partial charge >= 0.3 is 0 Å². The summed E-state index contributed by atoms with van der Waals surface area (Å²) in [5.41, 5.74) is 0.574. The van der Waals surface area contributed by atoms with Gasteiger partial charge in [0.2, 0.25) is 11.8 Å². The monoisotopic (exact) mass is 392 g/mol. The molecule has 2 fully saturated rings. The fourth-order valence-electron chi connectivity index (χ4n) is 4.49. The number of nitrogens with one attached hydrogen (secondary N) is 2. The maximum absolute atomic E-state index is 14.6. The minimum Gasteiger partial charge on any atom is -0.363 e. The molecule has 3 atom stereocenters. The van der Waals surface area contributed by atoms with Crippen LogP contribution in [0.3, 0.4) is 0 Å². The van der Waals surface area contributed by atoms with E-state index < -0.39 is 35.4 Å². The van der Waals surface area contributed by atoms with Gasteiger partial charge in [0.05, 0.1) is 5.56 Å². The van der Waals surface area contributed by atoms with Crippen LogP contribution in [0.5, 0.6) is 0 Å². The van der Waals surface area contributed by atoms with Gasteiger partial charge in [0.25, 0.3) is 5.91 Å². The average molecular weight is 392 g/mol. The average Bonchev–Trinajstić information content (AvgIpc) is 2.96. The second kappa shape index (κ2) is 6.80. The van der Waals surface area contributed by atoms with Crippen LogP contribution < -0.4 is 15.5 Å². The summed E-state index contributed by atoms with van der Waals surface area (Å²) in [6.45, 7) is 5.33. The van der Waals surface area contributed by atoms with Crippen molar-refractivity contribution < 1.29 is 23.2 Å². The van der Waals surface area contributed by atoms with Gasteiger partial charge in [-0.15, -0.1) is 0 Å². The first-order valence-electron chi connectivity index (χ1n) is 9.44. The normalized spacial score (nSPS) is 27.9. The SMILES string of the molecule is CC1CNCC(C)N1c1cc(F)c(F)c2c1CN(C1CCC(=O)NC1=O)C2=O. The van der Waals surface area contributed by atoms with E-state index in [2.05, 4.69) is 10.6 Å². The lowest BCUT2D eigenvalue weighted by molar-refractivity contribution is -0.136. The molecule has 0 aliphatic carbocycles. The fourth-order valence-corrected chi connectivity index (χ4v) is 4.49. The number of carbonyl (C=O) groups excluding carboxylic acids is 3. The highest BCUT2D eigenvalue weighted by molar-refractivity contribution is 6.06. The van der Waals surface area contributed by atoms with E-state index in [-0.39, 0.29) is 37.0 Å². The number of amides is 3. The Morgan fingerprint density at radius 3 is 2.43 bits per heavy atom. The molecule has 9 heteroatoms. The molecule has 0 bridgehead atoms. The first-order valence-corrected chi connectivity index (χ1v) is 9.44. The molecule has 0 spiro atoms. The Balaban J connectivity index is 1.76. The lowest BCUT2D eigenvalue weighted by Gasteiger charge is -2.42. The number of imide groups is 1. The Kier molecular flexibility index (Phi) is 4.57. The molecule has 2 saturated heterocycles. The molecule has 0 radical (unpaired) electrons. The van der Waals surface area contributed by atoms with Crippen molar-refractivity contribution in [1.29, 1.82) is 0 Å². The van der Waals surface area contributed by atoms with E-state index in [0.717, 1.165) is 6.07 Å². The van der Waals surface area contributed by atoms with Gasteiger partial charge in [-0.3, -0.25) is 19.7 Å². The Hall–Kier alpha value is -2.55. The summed E-state index contributed by atoms with van der Waals surface area (Å²) >= 11 is 0. The number of fused-ring (bicyclic) bond motifs is 1. The third-order valence-corrected chi connectivity index (χ3v) is 5.80. The molecule has 3 unspecified atom stereocenters. The number of hydrogen-bond acceptors (Lipinski definition) is 5. The number of rotatable bonds is 2. The predicted octanol–water partition coefficient (Wildman–Crippen LogP) is 0.912. The first kappa shape index (κ1) is 18.8. The Morgan fingerprint density at radius 1 is 1.11 bits per heavy atom. The van der Waals surface area contributed by atoms with Gasteiger partial charge in [-0.05, 0) is 20.3 Å². The summed E-state index contributed by atoms with van der Waals surface area (Å²) in [6.07, 6.45) is 0.274. The molecule has 1 aromatic rings. The number of anilines is 1. The molecule has 3 amide bonds. The van der Waals surface area contributed by atoms with Crippen molar-refractivity contribution in [2.24, 2.45) is 0 Å². The van der Waals surface area contributed by atoms with Crippen LogP contribution in [0, 0.1) is 11.6 Å². The van der Waals surface area contributed by atoms with Crippen LogP contribution in [0.2, 0.25) is 0 Å². The summed E-state index contributed by atoms with van der Waals surface area (Å²) in [7, 11) is 0. The van der Waals surface area contributed by atoms with Crippen LogP contribution in [0.15, 0.2) is 6.07 Å². The zero-order valence-electron chi connectivity index (χ0n) is 15.7. The van der Waals surface area contributed by atoms with Gasteiger partial charge in [0, 0.05) is 55.5 Å². The molecule has 3 heterocycles. The molecule has 2 N–H and O–H groups in total. The van der Waals surface area contributed by atoms with Crippen molar-refractivity contribution in [2.75, 3.05) is 18.0 Å². The van der Waals surface area contributed by atoms with E-state index in [0.29, 0.717) is 24.3 Å². The summed E-state index contributed by atoms with van der Waals surface area (Å²) < 4.78 is 29.0. The fraction of sp³-hybridized carbons (Fsp3) is 0.526. The Labute approximate surface area is 161 Å². The standard InChI is InChI=1S/C19H22F2N4O3/c1-9-6-22-7-10(2)25(9)14-5-12(20)17(21)16-11(14)8-24(19(16)28)13-3-4-15(26)23-18(13)27/h5,9-10,13,22H,3-4,6-8H2,1-2H3,(H,23,26,27). The van der Waals surface area contributed by atoms with Gasteiger partial charge in [-0.1, -0.05) is 0 Å². The molecule has 7 nitrogen and oxygen atoms in total. The van der Waals surface area contributed by atoms with E-state index in [4.69, 9.17) is 0 Å². The molecule has 3 aliphatic heterocycles. The second-order valence-electron chi connectivity index (χ2n) is 7.71. The molecule has 4 rings (SSSR count). The van der Waals surface area contributed by atoms with Gasteiger partial charge in [0.15, 0.2) is 11.6 Å². The number of hydrogen-bond donors (Lipinski definition) is 2. The Bertz CT molecular complexity index is 865. The third kappa shape index (κ3) is 2.85. The second-order valence-corrected chi connectivity index (χ2v) is 7.71. The maximum atomic E-state index is 14.6. The lowest BCUT2D eigenvalue weighted by Crippen LogP contribution is -2.55. The molecular formula is C19H22F2N4O3. The molecule has 0 saturated carbocycles. The van der Waals surface area contributed by atoms with Crippen LogP contribution in [-0.2, 0) is 16.1 Å². The minimum absolute atomic E-state index is 0.0103. The maximum Gasteiger partial charge on any atom is 0.258 e. The number of nitrogens with zero attached hydrogens (tertiary/aromatic N) is 2. The molecule has 28 heavy (non-hydrogen) atoms. The zero-order valence-corrected chi connectivity index (χ0v) is 15.7. The summed E-state index contributed by atoms with van der Waals surface area (Å²) in [4.78, 5) is 39.8. The van der Waals surface area contributed by atoms with E-state index in [9.17, 15) is 23.2 Å². The van der Waals surface area contributed by atoms with Crippen molar-refractivity contribution >= 4 is 23.4 Å². The van der Waals surface area contributed by atoms with E-state index in [1.165, 1.54) is 4.90 Å². The van der Waals surface area contributed by atoms with Crippen molar-refractivity contribution in [3.05, 3.63) is 28.8 Å². The number of piperazine rings is 1. The quantitative estimate of drug-likeness (QED) is 0.732.